The van der Waals surface area contributed by atoms with Gasteiger partial charge in [0.15, 0.2) is 0 Å². The second kappa shape index (κ2) is 8.74. The molecule has 2 aromatic carbocycles. The van der Waals surface area contributed by atoms with Crippen LogP contribution in [0.5, 0.6) is 0 Å². The number of likely N-dealkylation sites (tertiary alicyclic amines) is 1. The van der Waals surface area contributed by atoms with Crippen LogP contribution >= 0.6 is 0 Å². The number of piperidine rings is 1. The number of pyridine rings is 1. The van der Waals surface area contributed by atoms with Gasteiger partial charge in [0, 0.05) is 31.7 Å². The highest BCUT2D eigenvalue weighted by Crippen LogP contribution is 2.31. The highest BCUT2D eigenvalue weighted by Gasteiger charge is 2.26. The lowest BCUT2D eigenvalue weighted by Gasteiger charge is -2.37. The van der Waals surface area contributed by atoms with E-state index in [9.17, 15) is 0 Å². The number of nitrogens with zero attached hydrogens (tertiary/aromatic N) is 3. The summed E-state index contributed by atoms with van der Waals surface area (Å²) in [7, 11) is 0. The van der Waals surface area contributed by atoms with Gasteiger partial charge in [-0.15, -0.1) is 0 Å². The van der Waals surface area contributed by atoms with Crippen molar-refractivity contribution >= 4 is 6.21 Å². The van der Waals surface area contributed by atoms with Crippen molar-refractivity contribution < 1.29 is 0 Å². The first-order chi connectivity index (χ1) is 13.4. The van der Waals surface area contributed by atoms with Gasteiger partial charge in [0.1, 0.15) is 0 Å². The van der Waals surface area contributed by atoms with Crippen LogP contribution in [0.15, 0.2) is 90.2 Å². The van der Waals surface area contributed by atoms with Crippen LogP contribution < -0.4 is 0 Å². The molecule has 0 aliphatic carbocycles. The molecule has 1 saturated heterocycles. The zero-order chi connectivity index (χ0) is 18.3. The van der Waals surface area contributed by atoms with Crippen LogP contribution in [0.3, 0.4) is 0 Å². The van der Waals surface area contributed by atoms with Crippen LogP contribution in [0.2, 0.25) is 0 Å². The molecule has 3 heteroatoms. The van der Waals surface area contributed by atoms with Crippen molar-refractivity contribution in [3.05, 3.63) is 102 Å². The summed E-state index contributed by atoms with van der Waals surface area (Å²) in [6, 6.07) is 26.4. The van der Waals surface area contributed by atoms with Gasteiger partial charge in [-0.25, -0.2) is 0 Å². The van der Waals surface area contributed by atoms with Gasteiger partial charge in [0.2, 0.25) is 0 Å². The third kappa shape index (κ3) is 4.50. The molecule has 0 bridgehead atoms. The summed E-state index contributed by atoms with van der Waals surface area (Å²) in [6.45, 7) is 2.12. The molecule has 4 rings (SSSR count). The zero-order valence-corrected chi connectivity index (χ0v) is 15.5. The molecule has 1 aliphatic rings. The maximum absolute atomic E-state index is 4.81. The Bertz CT molecular complexity index is 799. The average Bonchev–Trinajstić information content (AvgIpc) is 2.76. The summed E-state index contributed by atoms with van der Waals surface area (Å²) in [6.07, 6.45) is 7.81. The Balaban J connectivity index is 1.47. The first-order valence-electron chi connectivity index (χ1n) is 9.67. The van der Waals surface area contributed by atoms with Crippen LogP contribution in [0.25, 0.3) is 0 Å². The predicted octanol–water partition coefficient (Wildman–Crippen LogP) is 4.75. The fraction of sp³-hybridized carbons (Fsp3) is 0.250. The molecule has 136 valence electrons. The molecule has 0 atom stereocenters. The molecular formula is C24H25N3. The highest BCUT2D eigenvalue weighted by molar-refractivity contribution is 5.79. The minimum atomic E-state index is 0.317. The summed E-state index contributed by atoms with van der Waals surface area (Å²) in [5, 5.41) is 0. The molecule has 3 nitrogen and oxygen atoms in total. The number of hydrogen-bond donors (Lipinski definition) is 0. The van der Waals surface area contributed by atoms with Crippen LogP contribution in [0.1, 0.15) is 35.6 Å². The zero-order valence-electron chi connectivity index (χ0n) is 15.5. The minimum absolute atomic E-state index is 0.317. The van der Waals surface area contributed by atoms with Gasteiger partial charge in [0.05, 0.1) is 12.1 Å². The SMILES string of the molecule is C(=N\C1CCN(C(c2ccccc2)c2ccccc2)CC1)/c1ccncc1. The van der Waals surface area contributed by atoms with E-state index in [1.165, 1.54) is 11.1 Å². The van der Waals surface area contributed by atoms with Crippen LogP contribution in [0.4, 0.5) is 0 Å². The molecule has 0 unspecified atom stereocenters. The molecule has 0 radical (unpaired) electrons. The summed E-state index contributed by atoms with van der Waals surface area (Å²) in [5.41, 5.74) is 3.85. The maximum Gasteiger partial charge on any atom is 0.0601 e. The van der Waals surface area contributed by atoms with Gasteiger partial charge in [-0.1, -0.05) is 60.7 Å². The molecule has 0 spiro atoms. The van der Waals surface area contributed by atoms with Crippen molar-refractivity contribution in [2.24, 2.45) is 4.99 Å². The number of aromatic nitrogens is 1. The number of hydrogen-bond acceptors (Lipinski definition) is 3. The smallest absolute Gasteiger partial charge is 0.0601 e. The summed E-state index contributed by atoms with van der Waals surface area (Å²) in [4.78, 5) is 11.5. The maximum atomic E-state index is 4.81. The first kappa shape index (κ1) is 17.6. The van der Waals surface area contributed by atoms with E-state index in [1.807, 2.05) is 30.7 Å². The Morgan fingerprint density at radius 1 is 0.815 bits per heavy atom. The number of benzene rings is 2. The third-order valence-corrected chi connectivity index (χ3v) is 5.24. The largest absolute Gasteiger partial charge is 0.292 e. The van der Waals surface area contributed by atoms with Crippen molar-refractivity contribution in [3.63, 3.8) is 0 Å². The van der Waals surface area contributed by atoms with Crippen LogP contribution in [-0.2, 0) is 0 Å². The molecule has 1 fully saturated rings. The van der Waals surface area contributed by atoms with Gasteiger partial charge < -0.3 is 0 Å². The lowest BCUT2D eigenvalue weighted by atomic mass is 9.94. The topological polar surface area (TPSA) is 28.5 Å². The van der Waals surface area contributed by atoms with E-state index < -0.39 is 0 Å². The Morgan fingerprint density at radius 2 is 1.37 bits per heavy atom. The fourth-order valence-electron chi connectivity index (χ4n) is 3.82. The third-order valence-electron chi connectivity index (χ3n) is 5.24. The highest BCUT2D eigenvalue weighted by atomic mass is 15.2. The molecule has 1 aliphatic heterocycles. The van der Waals surface area contributed by atoms with E-state index in [0.29, 0.717) is 12.1 Å². The van der Waals surface area contributed by atoms with E-state index >= 15 is 0 Å². The summed E-state index contributed by atoms with van der Waals surface area (Å²) in [5.74, 6) is 0. The lowest BCUT2D eigenvalue weighted by molar-refractivity contribution is 0.175. The minimum Gasteiger partial charge on any atom is -0.292 e. The van der Waals surface area contributed by atoms with Crippen molar-refractivity contribution in [2.75, 3.05) is 13.1 Å². The molecule has 27 heavy (non-hydrogen) atoms. The number of rotatable bonds is 5. The monoisotopic (exact) mass is 355 g/mol. The van der Waals surface area contributed by atoms with Crippen LogP contribution in [-0.4, -0.2) is 35.2 Å². The summed E-state index contributed by atoms with van der Waals surface area (Å²) >= 11 is 0. The quantitative estimate of drug-likeness (QED) is 0.618. The van der Waals surface area contributed by atoms with E-state index in [-0.39, 0.29) is 0 Å². The van der Waals surface area contributed by atoms with Gasteiger partial charge in [-0.3, -0.25) is 14.9 Å². The van der Waals surface area contributed by atoms with Crippen LogP contribution in [0, 0.1) is 0 Å². The van der Waals surface area contributed by atoms with E-state index in [2.05, 4.69) is 70.5 Å². The lowest BCUT2D eigenvalue weighted by Crippen LogP contribution is -2.38. The number of aliphatic imine (C=N–C) groups is 1. The Kier molecular flexibility index (Phi) is 5.70. The Morgan fingerprint density at radius 3 is 1.93 bits per heavy atom. The second-order valence-corrected chi connectivity index (χ2v) is 7.05. The van der Waals surface area contributed by atoms with Crippen molar-refractivity contribution in [1.29, 1.82) is 0 Å². The molecule has 1 aromatic heterocycles. The molecule has 0 saturated carbocycles. The summed E-state index contributed by atoms with van der Waals surface area (Å²) < 4.78 is 0. The molecule has 0 N–H and O–H groups in total. The second-order valence-electron chi connectivity index (χ2n) is 7.05. The molecule has 0 amide bonds. The predicted molar refractivity (Wildman–Crippen MR) is 111 cm³/mol. The molecule has 2 heterocycles. The molecular weight excluding hydrogens is 330 g/mol. The fourth-order valence-corrected chi connectivity index (χ4v) is 3.82. The van der Waals surface area contributed by atoms with E-state index in [4.69, 9.17) is 4.99 Å². The normalized spacial score (nSPS) is 16.2. The Hall–Kier alpha value is -2.78. The standard InChI is InChI=1S/C24H25N3/c1-3-7-21(8-4-1)24(22-9-5-2-6-10-22)27-17-13-23(14-18-27)26-19-20-11-15-25-16-12-20/h1-12,15-16,19,23-24H,13-14,17-18H2/b26-19+. The van der Waals surface area contributed by atoms with E-state index in [1.54, 1.807) is 0 Å². The van der Waals surface area contributed by atoms with Gasteiger partial charge in [-0.05, 0) is 41.7 Å². The van der Waals surface area contributed by atoms with Gasteiger partial charge >= 0.3 is 0 Å². The Labute approximate surface area is 161 Å². The van der Waals surface area contributed by atoms with E-state index in [0.717, 1.165) is 31.5 Å². The van der Waals surface area contributed by atoms with Crippen molar-refractivity contribution in [2.45, 2.75) is 24.9 Å². The van der Waals surface area contributed by atoms with Crippen molar-refractivity contribution in [3.8, 4) is 0 Å². The average molecular weight is 355 g/mol. The van der Waals surface area contributed by atoms with Crippen molar-refractivity contribution in [1.82, 2.24) is 9.88 Å². The first-order valence-corrected chi connectivity index (χ1v) is 9.67. The van der Waals surface area contributed by atoms with Gasteiger partial charge in [-0.2, -0.15) is 0 Å². The molecule has 3 aromatic rings. The van der Waals surface area contributed by atoms with Gasteiger partial charge in [0.25, 0.3) is 0 Å².